The van der Waals surface area contributed by atoms with E-state index in [2.05, 4.69) is 4.99 Å². The Morgan fingerprint density at radius 2 is 1.36 bits per heavy atom. The molecule has 8 nitrogen and oxygen atoms in total. The van der Waals surface area contributed by atoms with E-state index >= 15 is 0 Å². The first-order valence-electron chi connectivity index (χ1n) is 13.1. The third kappa shape index (κ3) is 12.3. The van der Waals surface area contributed by atoms with Crippen molar-refractivity contribution in [2.45, 2.75) is 32.9 Å². The van der Waals surface area contributed by atoms with Gasteiger partial charge in [-0.05, 0) is 41.1 Å². The molecule has 1 radical (unpaired) electrons. The molecule has 0 aromatic heterocycles. The third-order valence-electron chi connectivity index (χ3n) is 5.64. The summed E-state index contributed by atoms with van der Waals surface area (Å²) in [6, 6.07) is 32.2. The van der Waals surface area contributed by atoms with Crippen molar-refractivity contribution >= 4 is 12.1 Å². The van der Waals surface area contributed by atoms with E-state index in [-0.39, 0.29) is 69.4 Å². The third-order valence-corrected chi connectivity index (χ3v) is 5.64. The van der Waals surface area contributed by atoms with Crippen LogP contribution in [0.15, 0.2) is 113 Å². The minimum atomic E-state index is -0.734. The Bertz CT molecular complexity index is 1530. The summed E-state index contributed by atoms with van der Waals surface area (Å²) in [7, 11) is 0. The molecule has 0 aliphatic carbocycles. The van der Waals surface area contributed by atoms with Crippen LogP contribution in [0.1, 0.15) is 55.1 Å². The monoisotopic (exact) mass is 646 g/mol. The van der Waals surface area contributed by atoms with E-state index in [1.54, 1.807) is 43.3 Å². The molecule has 44 heavy (non-hydrogen) atoms. The van der Waals surface area contributed by atoms with Gasteiger partial charge in [-0.25, -0.2) is 0 Å². The number of nitrogens with one attached hydrogen (secondary N) is 1. The van der Waals surface area contributed by atoms with Gasteiger partial charge in [-0.3, -0.25) is 9.98 Å². The smallest absolute Gasteiger partial charge is 0.872 e. The molecule has 1 N–H and O–H groups in total. The second kappa shape index (κ2) is 22.5. The number of para-hydroxylation sites is 2. The summed E-state index contributed by atoms with van der Waals surface area (Å²) in [5.41, 5.74) is 1.93. The molecule has 0 heterocycles. The van der Waals surface area contributed by atoms with Gasteiger partial charge < -0.3 is 20.1 Å². The van der Waals surface area contributed by atoms with Crippen LogP contribution in [0.25, 0.3) is 0 Å². The summed E-state index contributed by atoms with van der Waals surface area (Å²) in [5.74, 6) is -1.02. The van der Waals surface area contributed by atoms with E-state index in [1.807, 2.05) is 73.7 Å². The van der Waals surface area contributed by atoms with Gasteiger partial charge in [-0.15, -0.1) is 11.0 Å². The molecule has 4 aromatic rings. The fraction of sp³-hybridized carbons (Fsp3) is 0.176. The van der Waals surface area contributed by atoms with Gasteiger partial charge in [0.05, 0.1) is 19.6 Å². The van der Waals surface area contributed by atoms with Crippen LogP contribution in [-0.4, -0.2) is 18.7 Å². The zero-order valence-electron chi connectivity index (χ0n) is 25.0. The second-order valence-corrected chi connectivity index (χ2v) is 8.50. The predicted octanol–water partition coefficient (Wildman–Crippen LogP) is 0.251. The number of aliphatic imine (C=N–C) groups is 2. The van der Waals surface area contributed by atoms with Crippen molar-refractivity contribution in [1.82, 2.24) is 0 Å². The van der Waals surface area contributed by atoms with E-state index in [0.29, 0.717) is 12.2 Å². The molecule has 0 saturated heterocycles. The molecule has 223 valence electrons. The van der Waals surface area contributed by atoms with Gasteiger partial charge in [0.15, 0.2) is 0 Å². The Morgan fingerprint density at radius 3 is 1.89 bits per heavy atom. The second-order valence-electron chi connectivity index (χ2n) is 8.50. The van der Waals surface area contributed by atoms with E-state index in [1.165, 1.54) is 25.3 Å². The van der Waals surface area contributed by atoms with Gasteiger partial charge in [0.2, 0.25) is 0 Å². The Labute approximate surface area is 291 Å². The molecule has 0 aliphatic heterocycles. The zero-order chi connectivity index (χ0) is 30.7. The quantitative estimate of drug-likeness (QED) is 0.157. The Kier molecular flexibility index (Phi) is 20.4. The standard InChI is InChI=1S/C30H28N2O4.2C2H3N.Cu.Na/c1-2-36-26-19-11-16-23(29(26)34)20-31-27(21-12-5-3-6-13-21)28(22-14-7-4-8-15-22)32-30(35)24-17-9-10-18-25(24)33;2*1-2-3;;/h3-20,27-28,33-34H,2H2,1H3,(H,32,35);2*1H3;;/q;;;+2;+1/p-2/t27-,28-;;;;/m1..../s1. The van der Waals surface area contributed by atoms with E-state index in [9.17, 15) is 15.3 Å². The summed E-state index contributed by atoms with van der Waals surface area (Å²) < 4.78 is 5.43. The molecule has 10 heteroatoms. The van der Waals surface area contributed by atoms with Crippen LogP contribution in [0.4, 0.5) is 0 Å². The Morgan fingerprint density at radius 1 is 0.864 bits per heavy atom. The average molecular weight is 647 g/mol. The maximum atomic E-state index is 13.1. The molecule has 0 unspecified atom stereocenters. The van der Waals surface area contributed by atoms with Gasteiger partial charge in [-0.1, -0.05) is 103 Å². The van der Waals surface area contributed by atoms with Gasteiger partial charge in [-0.2, -0.15) is 5.26 Å². The molecule has 0 amide bonds. The van der Waals surface area contributed by atoms with E-state index in [0.717, 1.165) is 11.1 Å². The number of ether oxygens (including phenoxy) is 1. The van der Waals surface area contributed by atoms with Gasteiger partial charge >= 0.3 is 46.6 Å². The normalized spacial score (nSPS) is 11.3. The van der Waals surface area contributed by atoms with Crippen molar-refractivity contribution in [1.29, 1.82) is 5.26 Å². The van der Waals surface area contributed by atoms with Crippen LogP contribution in [-0.2, 0) is 17.1 Å². The summed E-state index contributed by atoms with van der Waals surface area (Å²) in [4.78, 5) is 9.25. The summed E-state index contributed by atoms with van der Waals surface area (Å²) >= 11 is 0. The van der Waals surface area contributed by atoms with Crippen molar-refractivity contribution in [3.8, 4) is 29.4 Å². The van der Waals surface area contributed by atoms with Crippen LogP contribution >= 0.6 is 0 Å². The fourth-order valence-corrected chi connectivity index (χ4v) is 3.88. The first-order chi connectivity index (χ1) is 20.4. The minimum absolute atomic E-state index is 0. The van der Waals surface area contributed by atoms with Crippen LogP contribution in [0, 0.1) is 17.4 Å². The van der Waals surface area contributed by atoms with Crippen LogP contribution in [0.2, 0.25) is 0 Å². The van der Waals surface area contributed by atoms with E-state index < -0.39 is 18.0 Å². The first-order valence-corrected chi connectivity index (χ1v) is 13.1. The number of hydrogen-bond acceptors (Lipinski definition) is 7. The largest absolute Gasteiger partial charge is 2.00 e. The predicted molar refractivity (Wildman–Crippen MR) is 157 cm³/mol. The zero-order valence-corrected chi connectivity index (χ0v) is 28.0. The molecule has 0 fully saturated rings. The number of benzene rings is 4. The molecule has 4 aromatic carbocycles. The number of nitrogens with zero attached hydrogens (tertiary/aromatic N) is 3. The van der Waals surface area contributed by atoms with Crippen LogP contribution in [0.3, 0.4) is 0 Å². The van der Waals surface area contributed by atoms with Crippen LogP contribution in [0.5, 0.6) is 17.2 Å². The Balaban J connectivity index is 0.00000214. The average Bonchev–Trinajstić information content (AvgIpc) is 3.00. The summed E-state index contributed by atoms with van der Waals surface area (Å²) in [5, 5.41) is 51.5. The van der Waals surface area contributed by atoms with Crippen molar-refractivity contribution in [2.75, 3.05) is 6.61 Å². The van der Waals surface area contributed by atoms with Gasteiger partial charge in [0.25, 0.3) is 6.07 Å². The number of rotatable bonds is 9. The molecule has 0 bridgehead atoms. The minimum Gasteiger partial charge on any atom is -0.872 e. The number of nitriles is 1. The fourth-order valence-electron chi connectivity index (χ4n) is 3.88. The molecule has 4 rings (SSSR count). The SMILES string of the molecule is CC#N.CC#[NH+].CCOc1cccc(C=N[C@H](c2ccccc2)[C@H](N=C([O-])c2ccccc2[O-])c2ccccc2)c1[O-].[Cu+2].[Na+]. The molecule has 0 aliphatic rings. The summed E-state index contributed by atoms with van der Waals surface area (Å²) in [6.07, 6.45) is 1.50. The van der Waals surface area contributed by atoms with Crippen molar-refractivity contribution in [3.05, 3.63) is 125 Å². The topological polar surface area (TPSA) is 151 Å². The van der Waals surface area contributed by atoms with Crippen molar-refractivity contribution in [2.24, 2.45) is 9.98 Å². The van der Waals surface area contributed by atoms with Crippen molar-refractivity contribution in [3.63, 3.8) is 0 Å². The molecular weight excluding hydrogens is 615 g/mol. The van der Waals surface area contributed by atoms with Crippen LogP contribution < -0.4 is 54.9 Å². The molecular formula is C34H32CuN4NaO4+. The number of hydrogen-bond donors (Lipinski definition) is 1. The molecule has 0 saturated carbocycles. The molecule has 0 spiro atoms. The summed E-state index contributed by atoms with van der Waals surface area (Å²) in [6.45, 7) is 5.16. The first kappa shape index (κ1) is 39.9. The van der Waals surface area contributed by atoms with Crippen molar-refractivity contribution < 1.29 is 71.9 Å². The maximum Gasteiger partial charge on any atom is 2.00 e. The van der Waals surface area contributed by atoms with E-state index in [4.69, 9.17) is 20.3 Å². The molecule has 2 atom stereocenters. The van der Waals surface area contributed by atoms with Gasteiger partial charge in [0.1, 0.15) is 17.8 Å². The maximum absolute atomic E-state index is 13.1. The Hall–Kier alpha value is -4.08. The van der Waals surface area contributed by atoms with Gasteiger partial charge in [0, 0.05) is 13.1 Å².